The number of aromatic nitrogens is 2. The molecule has 0 bridgehead atoms. The van der Waals surface area contributed by atoms with Gasteiger partial charge in [-0.25, -0.2) is 9.78 Å². The van der Waals surface area contributed by atoms with Gasteiger partial charge in [-0.3, -0.25) is 0 Å². The lowest BCUT2D eigenvalue weighted by atomic mass is 10.0. The number of aromatic amines is 1. The van der Waals surface area contributed by atoms with Crippen LogP contribution in [0.2, 0.25) is 0 Å². The van der Waals surface area contributed by atoms with Crippen LogP contribution in [0.3, 0.4) is 0 Å². The van der Waals surface area contributed by atoms with Crippen LogP contribution < -0.4 is 5.32 Å². The fourth-order valence-electron chi connectivity index (χ4n) is 3.12. The second-order valence-corrected chi connectivity index (χ2v) is 7.72. The molecule has 0 aliphatic heterocycles. The fourth-order valence-corrected chi connectivity index (χ4v) is 3.12. The molecule has 0 atom stereocenters. The molecule has 1 heterocycles. The van der Waals surface area contributed by atoms with Crippen LogP contribution in [-0.4, -0.2) is 33.3 Å². The number of carbonyl (C=O) groups is 1. The average Bonchev–Trinajstić information content (AvgIpc) is 3.22. The Balaban J connectivity index is 0.000000383. The predicted molar refractivity (Wildman–Crippen MR) is 123 cm³/mol. The second kappa shape index (κ2) is 10.3. The fraction of sp³-hybridized carbons (Fsp3) is 0.200. The third kappa shape index (κ3) is 6.66. The van der Waals surface area contributed by atoms with Crippen LogP contribution in [0.5, 0.6) is 0 Å². The summed E-state index contributed by atoms with van der Waals surface area (Å²) in [6.45, 7) is 5.22. The van der Waals surface area contributed by atoms with Crippen LogP contribution in [-0.2, 0) is 11.3 Å². The maximum Gasteiger partial charge on any atom is 0.490 e. The van der Waals surface area contributed by atoms with Crippen LogP contribution in [0, 0.1) is 0 Å². The van der Waals surface area contributed by atoms with E-state index in [1.807, 2.05) is 18.2 Å². The number of hydrogen-bond donors (Lipinski definition) is 3. The molecule has 0 spiro atoms. The van der Waals surface area contributed by atoms with E-state index in [1.165, 1.54) is 16.7 Å². The Bertz CT molecular complexity index is 1200. The van der Waals surface area contributed by atoms with Gasteiger partial charge in [-0.2, -0.15) is 13.2 Å². The molecule has 0 saturated carbocycles. The summed E-state index contributed by atoms with van der Waals surface area (Å²) < 4.78 is 31.7. The number of imidazole rings is 1. The van der Waals surface area contributed by atoms with Crippen molar-refractivity contribution in [3.63, 3.8) is 0 Å². The number of para-hydroxylation sites is 2. The third-order valence-electron chi connectivity index (χ3n) is 4.74. The molecule has 3 N–H and O–H groups in total. The number of carboxylic acid groups (broad SMARTS) is 1. The van der Waals surface area contributed by atoms with E-state index >= 15 is 0 Å². The van der Waals surface area contributed by atoms with E-state index in [1.54, 1.807) is 0 Å². The van der Waals surface area contributed by atoms with Gasteiger partial charge in [0.15, 0.2) is 0 Å². The zero-order valence-corrected chi connectivity index (χ0v) is 18.1. The van der Waals surface area contributed by atoms with Gasteiger partial charge in [0.1, 0.15) is 5.82 Å². The van der Waals surface area contributed by atoms with Crippen molar-refractivity contribution in [1.82, 2.24) is 15.3 Å². The SMILES string of the molecule is CC(C)NCc1cccc(-c2cccc(-c3nc4ccccc4[nH]3)c2)c1.O=C(O)C(F)(F)F. The summed E-state index contributed by atoms with van der Waals surface area (Å²) >= 11 is 0. The first-order valence-electron chi connectivity index (χ1n) is 10.3. The standard InChI is InChI=1S/C23H23N3.C2HF3O2/c1-16(2)24-15-17-7-5-8-18(13-17)19-9-6-10-20(14-19)23-25-21-11-3-4-12-22(21)26-23;3-2(4,5)1(6)7/h3-14,16,24H,15H2,1-2H3,(H,25,26);(H,6,7). The van der Waals surface area contributed by atoms with Gasteiger partial charge < -0.3 is 15.4 Å². The summed E-state index contributed by atoms with van der Waals surface area (Å²) in [5.74, 6) is -1.85. The minimum Gasteiger partial charge on any atom is -0.475 e. The predicted octanol–water partition coefficient (Wildman–Crippen LogP) is 6.03. The molecule has 5 nitrogen and oxygen atoms in total. The summed E-state index contributed by atoms with van der Waals surface area (Å²) in [5, 5.41) is 10.6. The molecule has 0 unspecified atom stereocenters. The molecule has 1 aromatic heterocycles. The molecule has 0 aliphatic carbocycles. The number of alkyl halides is 3. The lowest BCUT2D eigenvalue weighted by molar-refractivity contribution is -0.192. The molecule has 3 aromatic carbocycles. The number of rotatable bonds is 5. The van der Waals surface area contributed by atoms with Crippen molar-refractivity contribution < 1.29 is 23.1 Å². The van der Waals surface area contributed by atoms with Gasteiger partial charge in [-0.15, -0.1) is 0 Å². The van der Waals surface area contributed by atoms with E-state index in [2.05, 4.69) is 78.7 Å². The molecule has 33 heavy (non-hydrogen) atoms. The van der Waals surface area contributed by atoms with Gasteiger partial charge >= 0.3 is 12.1 Å². The number of aliphatic carboxylic acids is 1. The van der Waals surface area contributed by atoms with Crippen molar-refractivity contribution in [3.8, 4) is 22.5 Å². The van der Waals surface area contributed by atoms with E-state index in [0.717, 1.165) is 29.0 Å². The quantitative estimate of drug-likeness (QED) is 0.343. The summed E-state index contributed by atoms with van der Waals surface area (Å²) in [4.78, 5) is 17.0. The highest BCUT2D eigenvalue weighted by Crippen LogP contribution is 2.27. The summed E-state index contributed by atoms with van der Waals surface area (Å²) in [5.41, 5.74) is 6.89. The van der Waals surface area contributed by atoms with E-state index in [9.17, 15) is 13.2 Å². The van der Waals surface area contributed by atoms with Gasteiger partial charge in [-0.05, 0) is 41.0 Å². The Hall–Kier alpha value is -3.65. The summed E-state index contributed by atoms with van der Waals surface area (Å²) in [6, 6.07) is 25.9. The maximum atomic E-state index is 10.6. The smallest absolute Gasteiger partial charge is 0.475 e. The average molecular weight is 455 g/mol. The topological polar surface area (TPSA) is 78.0 Å². The minimum absolute atomic E-state index is 0.482. The Labute approximate surface area is 189 Å². The highest BCUT2D eigenvalue weighted by molar-refractivity contribution is 5.80. The number of nitrogens with zero attached hydrogens (tertiary/aromatic N) is 1. The van der Waals surface area contributed by atoms with E-state index in [4.69, 9.17) is 14.9 Å². The summed E-state index contributed by atoms with van der Waals surface area (Å²) in [6.07, 6.45) is -5.08. The molecule has 0 saturated heterocycles. The molecule has 172 valence electrons. The molecule has 0 fully saturated rings. The third-order valence-corrected chi connectivity index (χ3v) is 4.74. The first kappa shape index (κ1) is 24.0. The van der Waals surface area contributed by atoms with Crippen LogP contribution in [0.4, 0.5) is 13.2 Å². The Kier molecular flexibility index (Phi) is 7.50. The Morgan fingerprint density at radius 3 is 2.21 bits per heavy atom. The van der Waals surface area contributed by atoms with E-state index in [-0.39, 0.29) is 0 Å². The number of halogens is 3. The largest absolute Gasteiger partial charge is 0.490 e. The molecule has 0 radical (unpaired) electrons. The second-order valence-electron chi connectivity index (χ2n) is 7.72. The first-order valence-corrected chi connectivity index (χ1v) is 10.3. The van der Waals surface area contributed by atoms with Crippen molar-refractivity contribution in [2.75, 3.05) is 0 Å². The molecular weight excluding hydrogens is 431 g/mol. The zero-order valence-electron chi connectivity index (χ0n) is 18.1. The molecule has 4 rings (SSSR count). The molecular formula is C25H24F3N3O2. The molecule has 4 aromatic rings. The first-order chi connectivity index (χ1) is 15.6. The van der Waals surface area contributed by atoms with Crippen molar-refractivity contribution in [1.29, 1.82) is 0 Å². The lowest BCUT2D eigenvalue weighted by Crippen LogP contribution is -2.21. The van der Waals surface area contributed by atoms with Crippen molar-refractivity contribution in [2.45, 2.75) is 32.6 Å². The van der Waals surface area contributed by atoms with Crippen LogP contribution in [0.25, 0.3) is 33.5 Å². The van der Waals surface area contributed by atoms with Crippen molar-refractivity contribution in [2.24, 2.45) is 0 Å². The normalized spacial score (nSPS) is 11.3. The highest BCUT2D eigenvalue weighted by Gasteiger charge is 2.38. The van der Waals surface area contributed by atoms with Crippen LogP contribution >= 0.6 is 0 Å². The van der Waals surface area contributed by atoms with Gasteiger partial charge in [0, 0.05) is 18.2 Å². The highest BCUT2D eigenvalue weighted by atomic mass is 19.4. The number of hydrogen-bond acceptors (Lipinski definition) is 3. The van der Waals surface area contributed by atoms with Crippen molar-refractivity contribution in [3.05, 3.63) is 78.4 Å². The van der Waals surface area contributed by atoms with Crippen LogP contribution in [0.15, 0.2) is 72.8 Å². The maximum absolute atomic E-state index is 10.6. The number of nitrogens with one attached hydrogen (secondary N) is 2. The van der Waals surface area contributed by atoms with E-state index < -0.39 is 12.1 Å². The monoisotopic (exact) mass is 455 g/mol. The Morgan fingerprint density at radius 1 is 0.970 bits per heavy atom. The lowest BCUT2D eigenvalue weighted by Gasteiger charge is -2.10. The molecule has 8 heteroatoms. The van der Waals surface area contributed by atoms with Gasteiger partial charge in [0.25, 0.3) is 0 Å². The number of benzene rings is 3. The summed E-state index contributed by atoms with van der Waals surface area (Å²) in [7, 11) is 0. The molecule has 0 aliphatic rings. The van der Waals surface area contributed by atoms with E-state index in [0.29, 0.717) is 6.04 Å². The zero-order chi connectivity index (χ0) is 24.0. The van der Waals surface area contributed by atoms with Gasteiger partial charge in [0.2, 0.25) is 0 Å². The number of fused-ring (bicyclic) bond motifs is 1. The van der Waals surface area contributed by atoms with Gasteiger partial charge in [-0.1, -0.05) is 62.4 Å². The molecule has 0 amide bonds. The van der Waals surface area contributed by atoms with Crippen LogP contribution in [0.1, 0.15) is 19.4 Å². The van der Waals surface area contributed by atoms with Gasteiger partial charge in [0.05, 0.1) is 11.0 Å². The van der Waals surface area contributed by atoms with Crippen molar-refractivity contribution >= 4 is 17.0 Å². The minimum atomic E-state index is -5.08. The number of H-pyrrole nitrogens is 1. The number of carboxylic acids is 1. The Morgan fingerprint density at radius 2 is 1.58 bits per heavy atom.